The smallest absolute Gasteiger partial charge is 0.276 e. The zero-order chi connectivity index (χ0) is 17.4. The Morgan fingerprint density at radius 2 is 1.96 bits per heavy atom. The third-order valence-corrected chi connectivity index (χ3v) is 5.22. The molecule has 4 rings (SSSR count). The molecule has 0 aliphatic carbocycles. The summed E-state index contributed by atoms with van der Waals surface area (Å²) in [4.78, 5) is 14.9. The molecule has 7 heteroatoms. The van der Waals surface area contributed by atoms with E-state index in [9.17, 15) is 4.79 Å². The summed E-state index contributed by atoms with van der Waals surface area (Å²) in [7, 11) is 1.63. The molecule has 2 aromatic rings. The van der Waals surface area contributed by atoms with E-state index in [4.69, 9.17) is 4.74 Å². The molecular weight excluding hydrogens is 318 g/mol. The Morgan fingerprint density at radius 1 is 1.20 bits per heavy atom. The van der Waals surface area contributed by atoms with Crippen LogP contribution in [0.4, 0.5) is 0 Å². The number of carbonyl (C=O) groups excluding carboxylic acids is 1. The van der Waals surface area contributed by atoms with Gasteiger partial charge in [0, 0.05) is 25.2 Å². The summed E-state index contributed by atoms with van der Waals surface area (Å²) in [6, 6.07) is 8.52. The number of fused-ring (bicyclic) bond motifs is 2. The number of methoxy groups -OCH3 is 1. The average Bonchev–Trinajstić information content (AvgIpc) is 3.16. The van der Waals surface area contributed by atoms with Crippen molar-refractivity contribution in [1.29, 1.82) is 0 Å². The van der Waals surface area contributed by atoms with Crippen molar-refractivity contribution in [3.05, 3.63) is 35.7 Å². The average molecular weight is 341 g/mol. The van der Waals surface area contributed by atoms with Crippen molar-refractivity contribution < 1.29 is 9.53 Å². The van der Waals surface area contributed by atoms with Gasteiger partial charge in [0.25, 0.3) is 5.91 Å². The Bertz CT molecular complexity index is 770. The highest BCUT2D eigenvalue weighted by molar-refractivity contribution is 5.93. The fraction of sp³-hybridized carbons (Fsp3) is 0.500. The molecule has 0 spiro atoms. The minimum absolute atomic E-state index is 0.0217. The highest BCUT2D eigenvalue weighted by atomic mass is 16.5. The molecule has 2 aliphatic rings. The normalized spacial score (nSPS) is 22.7. The first-order valence-electron chi connectivity index (χ1n) is 8.78. The second-order valence-corrected chi connectivity index (χ2v) is 6.81. The number of likely N-dealkylation sites (tertiary alicyclic amines) is 1. The van der Waals surface area contributed by atoms with Gasteiger partial charge in [0.15, 0.2) is 5.69 Å². The fourth-order valence-corrected chi connectivity index (χ4v) is 3.77. The quantitative estimate of drug-likeness (QED) is 0.917. The number of rotatable bonds is 3. The summed E-state index contributed by atoms with van der Waals surface area (Å²) >= 11 is 0. The van der Waals surface area contributed by atoms with Crippen molar-refractivity contribution in [2.45, 2.75) is 38.3 Å². The number of carbonyl (C=O) groups is 1. The molecule has 25 heavy (non-hydrogen) atoms. The monoisotopic (exact) mass is 341 g/mol. The van der Waals surface area contributed by atoms with Crippen LogP contribution in [0.15, 0.2) is 24.3 Å². The molecule has 1 aromatic heterocycles. The Morgan fingerprint density at radius 3 is 2.72 bits per heavy atom. The predicted octanol–water partition coefficient (Wildman–Crippen LogP) is 1.55. The molecule has 0 radical (unpaired) electrons. The number of ether oxygens (including phenoxy) is 1. The number of hydrogen-bond donors (Lipinski definition) is 1. The van der Waals surface area contributed by atoms with E-state index in [1.807, 2.05) is 36.1 Å². The summed E-state index contributed by atoms with van der Waals surface area (Å²) in [5.74, 6) is 0.761. The predicted molar refractivity (Wildman–Crippen MR) is 93.1 cm³/mol. The Balaban J connectivity index is 1.56. The molecule has 7 nitrogen and oxygen atoms in total. The summed E-state index contributed by atoms with van der Waals surface area (Å²) in [5, 5.41) is 12.0. The topological polar surface area (TPSA) is 72.3 Å². The number of amides is 1. The fourth-order valence-electron chi connectivity index (χ4n) is 3.77. The SMILES string of the molecule is COc1ccc(-n2nnc(C(=O)N3CCC4CCC(C3)N4)c2C)cc1. The number of hydrogen-bond acceptors (Lipinski definition) is 5. The lowest BCUT2D eigenvalue weighted by molar-refractivity contribution is 0.0741. The largest absolute Gasteiger partial charge is 0.497 e. The van der Waals surface area contributed by atoms with E-state index in [0.717, 1.165) is 43.1 Å². The lowest BCUT2D eigenvalue weighted by Crippen LogP contribution is -2.39. The number of nitrogens with one attached hydrogen (secondary N) is 1. The summed E-state index contributed by atoms with van der Waals surface area (Å²) in [5.41, 5.74) is 2.06. The van der Waals surface area contributed by atoms with Gasteiger partial charge in [-0.1, -0.05) is 5.21 Å². The molecule has 2 fully saturated rings. The van der Waals surface area contributed by atoms with Gasteiger partial charge in [-0.05, 0) is 50.5 Å². The zero-order valence-electron chi connectivity index (χ0n) is 14.6. The highest BCUT2D eigenvalue weighted by Crippen LogP contribution is 2.22. The van der Waals surface area contributed by atoms with Gasteiger partial charge in [-0.25, -0.2) is 4.68 Å². The van der Waals surface area contributed by atoms with Crippen molar-refractivity contribution in [1.82, 2.24) is 25.2 Å². The van der Waals surface area contributed by atoms with Gasteiger partial charge in [0.05, 0.1) is 18.5 Å². The summed E-state index contributed by atoms with van der Waals surface area (Å²) < 4.78 is 6.89. The van der Waals surface area contributed by atoms with Gasteiger partial charge < -0.3 is 15.0 Å². The van der Waals surface area contributed by atoms with Gasteiger partial charge in [0.2, 0.25) is 0 Å². The first-order valence-corrected chi connectivity index (χ1v) is 8.78. The molecule has 2 aliphatic heterocycles. The molecule has 0 saturated carbocycles. The minimum Gasteiger partial charge on any atom is -0.497 e. The van der Waals surface area contributed by atoms with Crippen LogP contribution in [-0.2, 0) is 0 Å². The van der Waals surface area contributed by atoms with Gasteiger partial charge in [-0.15, -0.1) is 5.10 Å². The third-order valence-electron chi connectivity index (χ3n) is 5.22. The molecule has 1 amide bonds. The molecular formula is C18H23N5O2. The van der Waals surface area contributed by atoms with Crippen LogP contribution in [0.1, 0.15) is 35.4 Å². The van der Waals surface area contributed by atoms with Crippen molar-refractivity contribution in [3.63, 3.8) is 0 Å². The van der Waals surface area contributed by atoms with Crippen molar-refractivity contribution >= 4 is 5.91 Å². The molecule has 2 atom stereocenters. The van der Waals surface area contributed by atoms with Crippen molar-refractivity contribution in [2.75, 3.05) is 20.2 Å². The van der Waals surface area contributed by atoms with Crippen LogP contribution in [0.3, 0.4) is 0 Å². The molecule has 2 bridgehead atoms. The van der Waals surface area contributed by atoms with Crippen LogP contribution in [0.25, 0.3) is 5.69 Å². The van der Waals surface area contributed by atoms with Gasteiger partial charge in [-0.2, -0.15) is 0 Å². The lowest BCUT2D eigenvalue weighted by atomic mass is 10.1. The Hall–Kier alpha value is -2.41. The van der Waals surface area contributed by atoms with E-state index in [1.165, 1.54) is 6.42 Å². The second-order valence-electron chi connectivity index (χ2n) is 6.81. The number of benzene rings is 1. The molecule has 2 unspecified atom stereocenters. The highest BCUT2D eigenvalue weighted by Gasteiger charge is 2.33. The van der Waals surface area contributed by atoms with Crippen LogP contribution in [-0.4, -0.2) is 58.1 Å². The van der Waals surface area contributed by atoms with E-state index in [2.05, 4.69) is 15.6 Å². The summed E-state index contributed by atoms with van der Waals surface area (Å²) in [6.45, 7) is 3.42. The maximum absolute atomic E-state index is 13.0. The van der Waals surface area contributed by atoms with E-state index in [-0.39, 0.29) is 5.91 Å². The second kappa shape index (κ2) is 6.48. The van der Waals surface area contributed by atoms with Crippen LogP contribution >= 0.6 is 0 Å². The van der Waals surface area contributed by atoms with E-state index < -0.39 is 0 Å². The standard InChI is InChI=1S/C18H23N5O2/c1-12-17(18(24)22-10-9-13-3-4-14(11-22)19-13)20-21-23(12)15-5-7-16(25-2)8-6-15/h5-8,13-14,19H,3-4,9-11H2,1-2H3. The molecule has 3 heterocycles. The van der Waals surface area contributed by atoms with Gasteiger partial charge in [0.1, 0.15) is 5.75 Å². The van der Waals surface area contributed by atoms with Gasteiger partial charge >= 0.3 is 0 Å². The maximum Gasteiger partial charge on any atom is 0.276 e. The first kappa shape index (κ1) is 16.1. The van der Waals surface area contributed by atoms with E-state index in [0.29, 0.717) is 17.8 Å². The van der Waals surface area contributed by atoms with Crippen LogP contribution in [0.5, 0.6) is 5.75 Å². The van der Waals surface area contributed by atoms with Crippen LogP contribution < -0.4 is 10.1 Å². The number of nitrogens with zero attached hydrogens (tertiary/aromatic N) is 4. The Labute approximate surface area is 147 Å². The van der Waals surface area contributed by atoms with Crippen LogP contribution in [0.2, 0.25) is 0 Å². The third kappa shape index (κ3) is 3.00. The van der Waals surface area contributed by atoms with Crippen LogP contribution in [0, 0.1) is 6.92 Å². The summed E-state index contributed by atoms with van der Waals surface area (Å²) in [6.07, 6.45) is 3.37. The molecule has 2 saturated heterocycles. The van der Waals surface area contributed by atoms with E-state index in [1.54, 1.807) is 11.8 Å². The van der Waals surface area contributed by atoms with E-state index >= 15 is 0 Å². The number of aromatic nitrogens is 3. The van der Waals surface area contributed by atoms with Crippen molar-refractivity contribution in [2.24, 2.45) is 0 Å². The van der Waals surface area contributed by atoms with Gasteiger partial charge in [-0.3, -0.25) is 4.79 Å². The first-order chi connectivity index (χ1) is 12.2. The maximum atomic E-state index is 13.0. The van der Waals surface area contributed by atoms with Crippen molar-refractivity contribution in [3.8, 4) is 11.4 Å². The molecule has 1 aromatic carbocycles. The molecule has 132 valence electrons. The Kier molecular flexibility index (Phi) is 4.17. The zero-order valence-corrected chi connectivity index (χ0v) is 14.6. The lowest BCUT2D eigenvalue weighted by Gasteiger charge is -2.23. The minimum atomic E-state index is -0.0217. The molecule has 1 N–H and O–H groups in total.